The maximum absolute atomic E-state index is 11.6. The summed E-state index contributed by atoms with van der Waals surface area (Å²) in [5, 5.41) is 2.74. The molecule has 0 radical (unpaired) electrons. The quantitative estimate of drug-likeness (QED) is 0.700. The van der Waals surface area contributed by atoms with E-state index in [-0.39, 0.29) is 11.6 Å². The number of hydrogen-bond acceptors (Lipinski definition) is 4. The number of carbonyl (C=O) groups is 1. The first-order valence-electron chi connectivity index (χ1n) is 5.32. The van der Waals surface area contributed by atoms with Gasteiger partial charge in [0.05, 0.1) is 5.69 Å². The third-order valence-electron chi connectivity index (χ3n) is 2.01. The molecular formula is C11H17N3O2. The number of nitrogens with one attached hydrogen (secondary N) is 1. The van der Waals surface area contributed by atoms with E-state index in [2.05, 4.69) is 10.3 Å². The minimum absolute atomic E-state index is 0.241. The Morgan fingerprint density at radius 2 is 2.44 bits per heavy atom. The van der Waals surface area contributed by atoms with Crippen molar-refractivity contribution in [2.24, 2.45) is 0 Å². The molecule has 5 heteroatoms. The van der Waals surface area contributed by atoms with Gasteiger partial charge >= 0.3 is 0 Å². The highest BCUT2D eigenvalue weighted by Crippen LogP contribution is 2.05. The van der Waals surface area contributed by atoms with Gasteiger partial charge in [0.25, 0.3) is 5.91 Å². The van der Waals surface area contributed by atoms with Gasteiger partial charge in [-0.1, -0.05) is 0 Å². The number of nitrogens with two attached hydrogens (primary N) is 1. The van der Waals surface area contributed by atoms with Crippen molar-refractivity contribution in [3.63, 3.8) is 0 Å². The number of pyridine rings is 1. The molecule has 5 nitrogen and oxygen atoms in total. The second-order valence-corrected chi connectivity index (χ2v) is 3.25. The number of carbonyl (C=O) groups excluding carboxylic acids is 1. The highest BCUT2D eigenvalue weighted by molar-refractivity contribution is 5.96. The van der Waals surface area contributed by atoms with Crippen LogP contribution in [-0.2, 0) is 4.74 Å². The van der Waals surface area contributed by atoms with Gasteiger partial charge in [-0.2, -0.15) is 0 Å². The molecule has 0 aliphatic rings. The van der Waals surface area contributed by atoms with Gasteiger partial charge in [-0.25, -0.2) is 4.98 Å². The van der Waals surface area contributed by atoms with Gasteiger partial charge in [0.1, 0.15) is 0 Å². The second-order valence-electron chi connectivity index (χ2n) is 3.25. The van der Waals surface area contributed by atoms with E-state index < -0.39 is 0 Å². The number of ether oxygens (including phenoxy) is 1. The van der Waals surface area contributed by atoms with Crippen LogP contribution in [0, 0.1) is 0 Å². The van der Waals surface area contributed by atoms with Crippen molar-refractivity contribution < 1.29 is 9.53 Å². The van der Waals surface area contributed by atoms with Gasteiger partial charge in [0.15, 0.2) is 5.69 Å². The third kappa shape index (κ3) is 3.86. The minimum atomic E-state index is -0.241. The first-order chi connectivity index (χ1) is 7.75. The molecule has 16 heavy (non-hydrogen) atoms. The number of rotatable bonds is 6. The predicted octanol–water partition coefficient (Wildman–Crippen LogP) is 0.820. The maximum atomic E-state index is 11.6. The van der Waals surface area contributed by atoms with E-state index in [9.17, 15) is 4.79 Å². The average Bonchev–Trinajstić information content (AvgIpc) is 2.29. The average molecular weight is 223 g/mol. The largest absolute Gasteiger partial charge is 0.397 e. The van der Waals surface area contributed by atoms with Gasteiger partial charge in [-0.3, -0.25) is 4.79 Å². The Labute approximate surface area is 95.0 Å². The van der Waals surface area contributed by atoms with Crippen LogP contribution in [0.15, 0.2) is 18.3 Å². The molecule has 0 atom stereocenters. The fourth-order valence-electron chi connectivity index (χ4n) is 1.21. The van der Waals surface area contributed by atoms with Crippen LogP contribution in [0.2, 0.25) is 0 Å². The van der Waals surface area contributed by atoms with E-state index >= 15 is 0 Å². The summed E-state index contributed by atoms with van der Waals surface area (Å²) in [5.41, 5.74) is 6.30. The van der Waals surface area contributed by atoms with E-state index in [4.69, 9.17) is 10.5 Å². The molecular weight excluding hydrogens is 206 g/mol. The summed E-state index contributed by atoms with van der Waals surface area (Å²) in [6.07, 6.45) is 2.33. The van der Waals surface area contributed by atoms with Crippen molar-refractivity contribution in [3.05, 3.63) is 24.0 Å². The van der Waals surface area contributed by atoms with Crippen LogP contribution in [0.4, 0.5) is 5.69 Å². The number of anilines is 1. The summed E-state index contributed by atoms with van der Waals surface area (Å²) >= 11 is 0. The van der Waals surface area contributed by atoms with Crippen LogP contribution in [0.1, 0.15) is 23.8 Å². The van der Waals surface area contributed by atoms with E-state index in [1.165, 1.54) is 0 Å². The van der Waals surface area contributed by atoms with E-state index in [0.717, 1.165) is 6.42 Å². The van der Waals surface area contributed by atoms with E-state index in [1.807, 2.05) is 6.92 Å². The van der Waals surface area contributed by atoms with Crippen molar-refractivity contribution in [2.75, 3.05) is 25.5 Å². The molecule has 1 rings (SSSR count). The SMILES string of the molecule is CCOCCCNC(=O)c1ncccc1N. The topological polar surface area (TPSA) is 77.2 Å². The van der Waals surface area contributed by atoms with Gasteiger partial charge < -0.3 is 15.8 Å². The fraction of sp³-hybridized carbons (Fsp3) is 0.455. The van der Waals surface area contributed by atoms with E-state index in [1.54, 1.807) is 18.3 Å². The van der Waals surface area contributed by atoms with Gasteiger partial charge in [-0.05, 0) is 25.5 Å². The molecule has 1 aromatic rings. The predicted molar refractivity (Wildman–Crippen MR) is 62.1 cm³/mol. The molecule has 88 valence electrons. The Hall–Kier alpha value is -1.62. The molecule has 0 fully saturated rings. The zero-order valence-corrected chi connectivity index (χ0v) is 9.40. The third-order valence-corrected chi connectivity index (χ3v) is 2.01. The molecule has 0 saturated heterocycles. The van der Waals surface area contributed by atoms with Crippen molar-refractivity contribution in [1.29, 1.82) is 0 Å². The lowest BCUT2D eigenvalue weighted by Gasteiger charge is -2.06. The Bertz CT molecular complexity index is 342. The Morgan fingerprint density at radius 3 is 3.12 bits per heavy atom. The van der Waals surface area contributed by atoms with Crippen LogP contribution >= 0.6 is 0 Å². The number of aromatic nitrogens is 1. The molecule has 0 saturated carbocycles. The lowest BCUT2D eigenvalue weighted by atomic mass is 10.3. The first kappa shape index (κ1) is 12.4. The standard InChI is InChI=1S/C11H17N3O2/c1-2-16-8-4-7-14-11(15)10-9(12)5-3-6-13-10/h3,5-6H,2,4,7-8,12H2,1H3,(H,14,15). The van der Waals surface area contributed by atoms with Crippen LogP contribution in [0.5, 0.6) is 0 Å². The summed E-state index contributed by atoms with van der Waals surface area (Å²) in [6, 6.07) is 3.35. The molecule has 0 aliphatic carbocycles. The highest BCUT2D eigenvalue weighted by atomic mass is 16.5. The zero-order chi connectivity index (χ0) is 11.8. The number of hydrogen-bond donors (Lipinski definition) is 2. The summed E-state index contributed by atoms with van der Waals surface area (Å²) in [5.74, 6) is -0.241. The monoisotopic (exact) mass is 223 g/mol. The van der Waals surface area contributed by atoms with Crippen LogP contribution in [0.25, 0.3) is 0 Å². The second kappa shape index (κ2) is 6.79. The van der Waals surface area contributed by atoms with Crippen LogP contribution < -0.4 is 11.1 Å². The first-order valence-corrected chi connectivity index (χ1v) is 5.32. The van der Waals surface area contributed by atoms with Crippen molar-refractivity contribution >= 4 is 11.6 Å². The number of nitrogen functional groups attached to an aromatic ring is 1. The number of amides is 1. The summed E-state index contributed by atoms with van der Waals surface area (Å²) in [6.45, 7) is 3.84. The normalized spacial score (nSPS) is 10.1. The highest BCUT2D eigenvalue weighted by Gasteiger charge is 2.09. The molecule has 1 amide bonds. The maximum Gasteiger partial charge on any atom is 0.272 e. The molecule has 0 bridgehead atoms. The van der Waals surface area contributed by atoms with E-state index in [0.29, 0.717) is 25.4 Å². The lowest BCUT2D eigenvalue weighted by molar-refractivity contribution is 0.0940. The van der Waals surface area contributed by atoms with Crippen LogP contribution in [0.3, 0.4) is 0 Å². The van der Waals surface area contributed by atoms with Crippen molar-refractivity contribution in [2.45, 2.75) is 13.3 Å². The Balaban J connectivity index is 2.33. The fourth-order valence-corrected chi connectivity index (χ4v) is 1.21. The Morgan fingerprint density at radius 1 is 1.62 bits per heavy atom. The number of nitrogens with zero attached hydrogens (tertiary/aromatic N) is 1. The molecule has 3 N–H and O–H groups in total. The van der Waals surface area contributed by atoms with Gasteiger partial charge in [-0.15, -0.1) is 0 Å². The molecule has 0 aliphatic heterocycles. The van der Waals surface area contributed by atoms with Crippen LogP contribution in [-0.4, -0.2) is 30.6 Å². The summed E-state index contributed by atoms with van der Waals surface area (Å²) in [7, 11) is 0. The summed E-state index contributed by atoms with van der Waals surface area (Å²) in [4.78, 5) is 15.5. The smallest absolute Gasteiger partial charge is 0.272 e. The minimum Gasteiger partial charge on any atom is -0.397 e. The molecule has 0 spiro atoms. The van der Waals surface area contributed by atoms with Crippen molar-refractivity contribution in [3.8, 4) is 0 Å². The summed E-state index contributed by atoms with van der Waals surface area (Å²) < 4.78 is 5.15. The van der Waals surface area contributed by atoms with Gasteiger partial charge in [0, 0.05) is 26.0 Å². The Kier molecular flexibility index (Phi) is 5.28. The molecule has 0 aromatic carbocycles. The molecule has 1 heterocycles. The molecule has 0 unspecified atom stereocenters. The zero-order valence-electron chi connectivity index (χ0n) is 9.40. The lowest BCUT2D eigenvalue weighted by Crippen LogP contribution is -2.27. The van der Waals surface area contributed by atoms with Gasteiger partial charge in [0.2, 0.25) is 0 Å². The van der Waals surface area contributed by atoms with Crippen molar-refractivity contribution in [1.82, 2.24) is 10.3 Å². The molecule has 1 aromatic heterocycles.